The van der Waals surface area contributed by atoms with E-state index in [0.29, 0.717) is 18.4 Å². The zero-order valence-corrected chi connectivity index (χ0v) is 13.2. The number of carbonyl (C=O) groups is 1. The van der Waals surface area contributed by atoms with E-state index in [1.54, 1.807) is 0 Å². The van der Waals surface area contributed by atoms with Crippen molar-refractivity contribution < 1.29 is 9.90 Å². The lowest BCUT2D eigenvalue weighted by molar-refractivity contribution is -0.136. The third kappa shape index (κ3) is 3.99. The minimum atomic E-state index is -0.766. The zero-order chi connectivity index (χ0) is 16.2. The number of carboxylic acids is 1. The highest BCUT2D eigenvalue weighted by Crippen LogP contribution is 2.31. The van der Waals surface area contributed by atoms with Crippen LogP contribution in [0.1, 0.15) is 49.4 Å². The van der Waals surface area contributed by atoms with Crippen LogP contribution in [0.3, 0.4) is 0 Å². The van der Waals surface area contributed by atoms with E-state index in [4.69, 9.17) is 15.8 Å². The number of aromatic nitrogens is 2. The molecule has 4 N–H and O–H groups in total. The molecule has 0 aliphatic heterocycles. The van der Waals surface area contributed by atoms with Crippen molar-refractivity contribution in [1.29, 1.82) is 0 Å². The molecule has 0 atom stereocenters. The summed E-state index contributed by atoms with van der Waals surface area (Å²) in [6, 6.07) is 8.32. The lowest BCUT2D eigenvalue weighted by atomic mass is 9.86. The summed E-state index contributed by atoms with van der Waals surface area (Å²) in [5.41, 5.74) is 9.00. The van der Waals surface area contributed by atoms with E-state index in [-0.39, 0.29) is 6.42 Å². The first-order valence-electron chi connectivity index (χ1n) is 8.24. The normalized spacial score (nSPS) is 21.3. The maximum absolute atomic E-state index is 10.6. The largest absolute Gasteiger partial charge is 0.481 e. The van der Waals surface area contributed by atoms with Crippen molar-refractivity contribution in [1.82, 2.24) is 9.97 Å². The van der Waals surface area contributed by atoms with Crippen LogP contribution < -0.4 is 5.73 Å². The van der Waals surface area contributed by atoms with Gasteiger partial charge >= 0.3 is 5.97 Å². The summed E-state index contributed by atoms with van der Waals surface area (Å²) in [4.78, 5) is 18.7. The Kier molecular flexibility index (Phi) is 4.76. The Bertz CT molecular complexity index is 655. The summed E-state index contributed by atoms with van der Waals surface area (Å²) in [7, 11) is 0. The highest BCUT2D eigenvalue weighted by molar-refractivity contribution is 5.67. The number of aliphatic carboxylic acids is 1. The van der Waals surface area contributed by atoms with Crippen LogP contribution in [0.4, 0.5) is 0 Å². The maximum Gasteiger partial charge on any atom is 0.303 e. The number of hydrogen-bond acceptors (Lipinski definition) is 3. The Labute approximate surface area is 135 Å². The second-order valence-electron chi connectivity index (χ2n) is 6.37. The van der Waals surface area contributed by atoms with Crippen molar-refractivity contribution in [2.24, 2.45) is 5.73 Å². The fourth-order valence-electron chi connectivity index (χ4n) is 3.18. The van der Waals surface area contributed by atoms with E-state index in [1.165, 1.54) is 0 Å². The molecule has 1 saturated carbocycles. The van der Waals surface area contributed by atoms with Gasteiger partial charge in [0.25, 0.3) is 0 Å². The molecule has 1 heterocycles. The highest BCUT2D eigenvalue weighted by Gasteiger charge is 2.22. The van der Waals surface area contributed by atoms with Crippen molar-refractivity contribution >= 4 is 5.97 Å². The van der Waals surface area contributed by atoms with Gasteiger partial charge in [0, 0.05) is 30.1 Å². The number of aryl methyl sites for hydroxylation is 1. The number of imidazole rings is 1. The predicted octanol–water partition coefficient (Wildman–Crippen LogP) is 3.08. The van der Waals surface area contributed by atoms with Crippen molar-refractivity contribution in [3.05, 3.63) is 41.9 Å². The van der Waals surface area contributed by atoms with E-state index >= 15 is 0 Å². The van der Waals surface area contributed by atoms with E-state index in [2.05, 4.69) is 4.98 Å². The molecular weight excluding hydrogens is 290 g/mol. The number of nitrogens with zero attached hydrogens (tertiary/aromatic N) is 1. The van der Waals surface area contributed by atoms with Crippen LogP contribution >= 0.6 is 0 Å². The molecule has 5 heteroatoms. The lowest BCUT2D eigenvalue weighted by Crippen LogP contribution is -2.26. The Morgan fingerprint density at radius 2 is 1.91 bits per heavy atom. The molecule has 1 aromatic heterocycles. The lowest BCUT2D eigenvalue weighted by Gasteiger charge is -2.24. The van der Waals surface area contributed by atoms with Crippen LogP contribution in [0.5, 0.6) is 0 Å². The third-order valence-electron chi connectivity index (χ3n) is 4.63. The molecular formula is C18H23N3O2. The van der Waals surface area contributed by atoms with Crippen LogP contribution in [-0.2, 0) is 11.2 Å². The molecule has 0 spiro atoms. The summed E-state index contributed by atoms with van der Waals surface area (Å²) < 4.78 is 0. The standard InChI is InChI=1S/C18H23N3O2/c19-15-8-6-14(7-9-15)18-20-11-16(21-18)13-4-1-12(2-5-13)3-10-17(22)23/h1-2,4-5,11,14-15H,3,6-10,19H2,(H,20,21)(H,22,23). The van der Waals surface area contributed by atoms with Gasteiger partial charge in [-0.2, -0.15) is 0 Å². The number of H-pyrrole nitrogens is 1. The maximum atomic E-state index is 10.6. The second kappa shape index (κ2) is 6.96. The predicted molar refractivity (Wildman–Crippen MR) is 89.2 cm³/mol. The number of rotatable bonds is 5. The molecule has 0 saturated heterocycles. The first-order valence-corrected chi connectivity index (χ1v) is 8.24. The van der Waals surface area contributed by atoms with Crippen molar-refractivity contribution in [3.63, 3.8) is 0 Å². The zero-order valence-electron chi connectivity index (χ0n) is 13.2. The van der Waals surface area contributed by atoms with Crippen molar-refractivity contribution in [3.8, 4) is 11.3 Å². The van der Waals surface area contributed by atoms with Crippen LogP contribution in [0.15, 0.2) is 30.5 Å². The summed E-state index contributed by atoms with van der Waals surface area (Å²) >= 11 is 0. The van der Waals surface area contributed by atoms with Gasteiger partial charge in [-0.3, -0.25) is 4.79 Å². The van der Waals surface area contributed by atoms with Crippen LogP contribution in [0.2, 0.25) is 0 Å². The molecule has 1 fully saturated rings. The highest BCUT2D eigenvalue weighted by atomic mass is 16.4. The number of nitrogens with one attached hydrogen (secondary N) is 1. The van der Waals surface area contributed by atoms with E-state index in [0.717, 1.165) is 48.3 Å². The van der Waals surface area contributed by atoms with E-state index < -0.39 is 5.97 Å². The van der Waals surface area contributed by atoms with Gasteiger partial charge in [-0.1, -0.05) is 24.3 Å². The number of carboxylic acid groups (broad SMARTS) is 1. The van der Waals surface area contributed by atoms with Crippen LogP contribution in [0.25, 0.3) is 11.3 Å². The van der Waals surface area contributed by atoms with Gasteiger partial charge in [0.05, 0.1) is 5.69 Å². The molecule has 0 bridgehead atoms. The van der Waals surface area contributed by atoms with Gasteiger partial charge in [-0.05, 0) is 37.7 Å². The molecule has 1 aliphatic carbocycles. The Morgan fingerprint density at radius 1 is 1.22 bits per heavy atom. The van der Waals surface area contributed by atoms with E-state index in [9.17, 15) is 4.79 Å². The molecule has 0 unspecified atom stereocenters. The van der Waals surface area contributed by atoms with Crippen LogP contribution in [0, 0.1) is 0 Å². The second-order valence-corrected chi connectivity index (χ2v) is 6.37. The summed E-state index contributed by atoms with van der Waals surface area (Å²) in [5, 5.41) is 8.73. The van der Waals surface area contributed by atoms with Gasteiger partial charge in [-0.25, -0.2) is 4.98 Å². The molecule has 0 amide bonds. The van der Waals surface area contributed by atoms with Gasteiger partial charge in [0.2, 0.25) is 0 Å². The van der Waals surface area contributed by atoms with Crippen molar-refractivity contribution in [2.75, 3.05) is 0 Å². The molecule has 2 aromatic rings. The Hall–Kier alpha value is -2.14. The first kappa shape index (κ1) is 15.7. The average Bonchev–Trinajstić information content (AvgIpc) is 3.04. The van der Waals surface area contributed by atoms with Gasteiger partial charge < -0.3 is 15.8 Å². The van der Waals surface area contributed by atoms with E-state index in [1.807, 2.05) is 30.5 Å². The third-order valence-corrected chi connectivity index (χ3v) is 4.63. The summed E-state index contributed by atoms with van der Waals surface area (Å²) in [6.07, 6.45) is 7.01. The minimum Gasteiger partial charge on any atom is -0.481 e. The Morgan fingerprint density at radius 3 is 2.57 bits per heavy atom. The number of aromatic amines is 1. The summed E-state index contributed by atoms with van der Waals surface area (Å²) in [6.45, 7) is 0. The SMILES string of the molecule is NC1CCC(c2nc(-c3ccc(CCC(=O)O)cc3)c[nH]2)CC1. The fraction of sp³-hybridized carbons (Fsp3) is 0.444. The monoisotopic (exact) mass is 313 g/mol. The molecule has 1 aliphatic rings. The molecule has 1 aromatic carbocycles. The topological polar surface area (TPSA) is 92.0 Å². The molecule has 122 valence electrons. The fourth-order valence-corrected chi connectivity index (χ4v) is 3.18. The molecule has 5 nitrogen and oxygen atoms in total. The summed E-state index contributed by atoms with van der Waals surface area (Å²) in [5.74, 6) is 0.776. The minimum absolute atomic E-state index is 0.162. The van der Waals surface area contributed by atoms with Gasteiger partial charge in [-0.15, -0.1) is 0 Å². The van der Waals surface area contributed by atoms with Crippen molar-refractivity contribution in [2.45, 2.75) is 50.5 Å². The van der Waals surface area contributed by atoms with Gasteiger partial charge in [0.15, 0.2) is 0 Å². The number of nitrogens with two attached hydrogens (primary N) is 1. The number of benzene rings is 1. The Balaban J connectivity index is 1.66. The smallest absolute Gasteiger partial charge is 0.303 e. The quantitative estimate of drug-likeness (QED) is 0.791. The molecule has 0 radical (unpaired) electrons. The van der Waals surface area contributed by atoms with Gasteiger partial charge in [0.1, 0.15) is 5.82 Å². The number of hydrogen-bond donors (Lipinski definition) is 3. The van der Waals surface area contributed by atoms with Crippen LogP contribution in [-0.4, -0.2) is 27.1 Å². The molecule has 3 rings (SSSR count). The average molecular weight is 313 g/mol. The first-order chi connectivity index (χ1) is 11.1. The molecule has 23 heavy (non-hydrogen) atoms.